The minimum Gasteiger partial charge on any atom is -0.465 e. The van der Waals surface area contributed by atoms with Gasteiger partial charge >= 0.3 is 11.9 Å². The molecule has 0 bridgehead atoms. The number of carbonyl (C=O) groups is 2. The second-order valence-electron chi connectivity index (χ2n) is 12.5. The number of rotatable bonds is 25. The number of hydrogen-bond donors (Lipinski definition) is 3. The first-order valence-corrected chi connectivity index (χ1v) is 17.0. The SMILES string of the molecule is CCCCCCCCCCCCCCCCCC(=O)OCC(CCOC(=O)C(N)C(C)C)Cn1cnc2c(=O)[nH]c(N)nc21. The molecule has 0 aliphatic heterocycles. The highest BCUT2D eigenvalue weighted by atomic mass is 16.5. The van der Waals surface area contributed by atoms with Crippen LogP contribution in [-0.2, 0) is 25.6 Å². The van der Waals surface area contributed by atoms with Crippen LogP contribution in [0.15, 0.2) is 11.1 Å². The number of unbranched alkanes of at least 4 members (excludes halogenated alkanes) is 14. The zero-order valence-corrected chi connectivity index (χ0v) is 27.5. The summed E-state index contributed by atoms with van der Waals surface area (Å²) < 4.78 is 12.7. The van der Waals surface area contributed by atoms with Crippen molar-refractivity contribution in [3.8, 4) is 0 Å². The predicted octanol–water partition coefficient (Wildman–Crippen LogP) is 6.04. The normalized spacial score (nSPS) is 12.9. The fourth-order valence-corrected chi connectivity index (χ4v) is 5.23. The molecule has 11 heteroatoms. The van der Waals surface area contributed by atoms with Crippen LogP contribution in [0.2, 0.25) is 0 Å². The van der Waals surface area contributed by atoms with Crippen molar-refractivity contribution in [2.75, 3.05) is 18.9 Å². The Kier molecular flexibility index (Phi) is 18.4. The van der Waals surface area contributed by atoms with Crippen molar-refractivity contribution in [2.45, 2.75) is 143 Å². The maximum absolute atomic E-state index is 12.5. The molecule has 0 aliphatic carbocycles. The number of nitrogen functional groups attached to an aromatic ring is 1. The largest absolute Gasteiger partial charge is 0.465 e. The maximum atomic E-state index is 12.5. The Balaban J connectivity index is 1.69. The molecule has 2 heterocycles. The van der Waals surface area contributed by atoms with Gasteiger partial charge in [0.2, 0.25) is 5.95 Å². The molecule has 2 atom stereocenters. The van der Waals surface area contributed by atoms with E-state index in [4.69, 9.17) is 20.9 Å². The van der Waals surface area contributed by atoms with E-state index in [-0.39, 0.29) is 42.5 Å². The highest BCUT2D eigenvalue weighted by molar-refractivity contribution is 5.75. The van der Waals surface area contributed by atoms with Crippen molar-refractivity contribution < 1.29 is 19.1 Å². The average Bonchev–Trinajstić information content (AvgIpc) is 3.39. The molecule has 250 valence electrons. The van der Waals surface area contributed by atoms with Gasteiger partial charge in [0.05, 0.1) is 19.5 Å². The Bertz CT molecular complexity index is 1150. The standard InChI is InChI=1S/C33H58N6O5/c1-4-5-6-7-8-9-10-11-12-13-14-15-16-17-18-19-27(40)44-23-26(20-21-43-32(42)28(34)25(2)3)22-39-24-36-29-30(39)37-33(35)38-31(29)41/h24-26,28H,4-23,34H2,1-3H3,(H3,35,37,38,41). The van der Waals surface area contributed by atoms with Crippen LogP contribution in [0.5, 0.6) is 0 Å². The molecule has 2 rings (SSSR count). The van der Waals surface area contributed by atoms with E-state index < -0.39 is 17.6 Å². The summed E-state index contributed by atoms with van der Waals surface area (Å²) in [6.45, 7) is 6.60. The highest BCUT2D eigenvalue weighted by Crippen LogP contribution is 2.16. The number of aromatic amines is 1. The van der Waals surface area contributed by atoms with Crippen LogP contribution in [0.1, 0.15) is 130 Å². The first-order valence-electron chi connectivity index (χ1n) is 17.0. The lowest BCUT2D eigenvalue weighted by molar-refractivity contribution is -0.149. The van der Waals surface area contributed by atoms with Crippen molar-refractivity contribution in [1.82, 2.24) is 19.5 Å². The zero-order chi connectivity index (χ0) is 32.2. The molecule has 0 saturated heterocycles. The molecule has 5 N–H and O–H groups in total. The first kappa shape index (κ1) is 37.2. The van der Waals surface area contributed by atoms with Gasteiger partial charge in [0.1, 0.15) is 6.04 Å². The van der Waals surface area contributed by atoms with E-state index in [0.29, 0.717) is 25.0 Å². The summed E-state index contributed by atoms with van der Waals surface area (Å²) in [4.78, 5) is 47.7. The lowest BCUT2D eigenvalue weighted by Gasteiger charge is -2.19. The van der Waals surface area contributed by atoms with Crippen molar-refractivity contribution in [3.05, 3.63) is 16.7 Å². The first-order chi connectivity index (χ1) is 21.2. The predicted molar refractivity (Wildman–Crippen MR) is 175 cm³/mol. The van der Waals surface area contributed by atoms with Gasteiger partial charge in [-0.25, -0.2) is 4.98 Å². The highest BCUT2D eigenvalue weighted by Gasteiger charge is 2.21. The Morgan fingerprint density at radius 1 is 0.909 bits per heavy atom. The quantitative estimate of drug-likeness (QED) is 0.0887. The zero-order valence-electron chi connectivity index (χ0n) is 27.5. The number of nitrogens with zero attached hydrogens (tertiary/aromatic N) is 3. The van der Waals surface area contributed by atoms with Crippen molar-refractivity contribution >= 4 is 29.1 Å². The van der Waals surface area contributed by atoms with E-state index in [2.05, 4.69) is 21.9 Å². The molecular formula is C33H58N6O5. The van der Waals surface area contributed by atoms with Crippen LogP contribution in [0.4, 0.5) is 5.95 Å². The van der Waals surface area contributed by atoms with Gasteiger partial charge in [0, 0.05) is 18.9 Å². The van der Waals surface area contributed by atoms with Crippen LogP contribution in [-0.4, -0.2) is 50.7 Å². The Morgan fingerprint density at radius 2 is 1.48 bits per heavy atom. The van der Waals surface area contributed by atoms with Crippen LogP contribution in [0, 0.1) is 11.8 Å². The molecule has 0 saturated carbocycles. The number of ether oxygens (including phenoxy) is 2. The van der Waals surface area contributed by atoms with Gasteiger partial charge in [-0.05, 0) is 18.8 Å². The second kappa shape index (κ2) is 21.7. The average molecular weight is 619 g/mol. The van der Waals surface area contributed by atoms with Gasteiger partial charge in [-0.3, -0.25) is 19.4 Å². The van der Waals surface area contributed by atoms with Crippen LogP contribution < -0.4 is 17.0 Å². The van der Waals surface area contributed by atoms with Gasteiger partial charge in [-0.2, -0.15) is 4.98 Å². The molecule has 0 aromatic carbocycles. The van der Waals surface area contributed by atoms with E-state index in [1.54, 1.807) is 4.57 Å². The number of aromatic nitrogens is 4. The smallest absolute Gasteiger partial charge is 0.323 e. The van der Waals surface area contributed by atoms with Crippen molar-refractivity contribution in [3.63, 3.8) is 0 Å². The van der Waals surface area contributed by atoms with E-state index >= 15 is 0 Å². The number of imidazole rings is 1. The summed E-state index contributed by atoms with van der Waals surface area (Å²) in [6.07, 6.45) is 21.4. The van der Waals surface area contributed by atoms with Gasteiger partial charge < -0.3 is 25.5 Å². The summed E-state index contributed by atoms with van der Waals surface area (Å²) >= 11 is 0. The molecular weight excluding hydrogens is 560 g/mol. The van der Waals surface area contributed by atoms with Crippen molar-refractivity contribution in [1.29, 1.82) is 0 Å². The van der Waals surface area contributed by atoms with E-state index in [1.165, 1.54) is 83.4 Å². The second-order valence-corrected chi connectivity index (χ2v) is 12.5. The molecule has 0 aliphatic rings. The van der Waals surface area contributed by atoms with Gasteiger partial charge in [-0.1, -0.05) is 111 Å². The number of hydrogen-bond acceptors (Lipinski definition) is 9. The van der Waals surface area contributed by atoms with E-state index in [9.17, 15) is 14.4 Å². The molecule has 0 radical (unpaired) electrons. The number of carbonyl (C=O) groups excluding carboxylic acids is 2. The minimum atomic E-state index is -0.697. The summed E-state index contributed by atoms with van der Waals surface area (Å²) in [5, 5.41) is 0. The molecule has 11 nitrogen and oxygen atoms in total. The molecule has 44 heavy (non-hydrogen) atoms. The third-order valence-electron chi connectivity index (χ3n) is 8.17. The Morgan fingerprint density at radius 3 is 2.05 bits per heavy atom. The Hall–Kier alpha value is -2.95. The van der Waals surface area contributed by atoms with E-state index in [0.717, 1.165) is 19.3 Å². The van der Waals surface area contributed by atoms with Gasteiger partial charge in [0.25, 0.3) is 5.56 Å². The van der Waals surface area contributed by atoms with Crippen molar-refractivity contribution in [2.24, 2.45) is 17.6 Å². The number of H-pyrrole nitrogens is 1. The minimum absolute atomic E-state index is 0.00710. The summed E-state index contributed by atoms with van der Waals surface area (Å²) in [6, 6.07) is -0.697. The number of esters is 2. The monoisotopic (exact) mass is 618 g/mol. The Labute approximate surface area is 263 Å². The summed E-state index contributed by atoms with van der Waals surface area (Å²) in [7, 11) is 0. The third-order valence-corrected chi connectivity index (χ3v) is 8.17. The topological polar surface area (TPSA) is 168 Å². The van der Waals surface area contributed by atoms with Gasteiger partial charge in [0.15, 0.2) is 11.2 Å². The molecule has 0 amide bonds. The molecule has 2 unspecified atom stereocenters. The van der Waals surface area contributed by atoms with E-state index in [1.807, 2.05) is 13.8 Å². The number of nitrogens with two attached hydrogens (primary N) is 2. The molecule has 0 fully saturated rings. The lowest BCUT2D eigenvalue weighted by Crippen LogP contribution is -2.37. The third kappa shape index (κ3) is 14.7. The fourth-order valence-electron chi connectivity index (χ4n) is 5.23. The lowest BCUT2D eigenvalue weighted by atomic mass is 10.0. The number of nitrogens with one attached hydrogen (secondary N) is 1. The summed E-state index contributed by atoms with van der Waals surface area (Å²) in [5.41, 5.74) is 11.7. The van der Waals surface area contributed by atoms with Crippen LogP contribution in [0.3, 0.4) is 0 Å². The van der Waals surface area contributed by atoms with Gasteiger partial charge in [-0.15, -0.1) is 0 Å². The molecule has 2 aromatic heterocycles. The fraction of sp³-hybridized carbons (Fsp3) is 0.788. The number of fused-ring (bicyclic) bond motifs is 1. The number of anilines is 1. The van der Waals surface area contributed by atoms with Crippen LogP contribution >= 0.6 is 0 Å². The molecule has 2 aromatic rings. The summed E-state index contributed by atoms with van der Waals surface area (Å²) in [5.74, 6) is -0.947. The maximum Gasteiger partial charge on any atom is 0.323 e. The van der Waals surface area contributed by atoms with Crippen LogP contribution in [0.25, 0.3) is 11.2 Å². The molecule has 0 spiro atoms.